The summed E-state index contributed by atoms with van der Waals surface area (Å²) < 4.78 is 7.29. The summed E-state index contributed by atoms with van der Waals surface area (Å²) in [6.45, 7) is 1.08. The third-order valence-electron chi connectivity index (χ3n) is 2.37. The molecule has 1 aromatic carbocycles. The second-order valence-electron chi connectivity index (χ2n) is 3.86. The van der Waals surface area contributed by atoms with Crippen molar-refractivity contribution < 1.29 is 4.74 Å². The first-order valence-electron chi connectivity index (χ1n) is 5.55. The van der Waals surface area contributed by atoms with Crippen LogP contribution in [0.5, 0.6) is 5.75 Å². The van der Waals surface area contributed by atoms with Crippen LogP contribution in [-0.2, 0) is 20.1 Å². The Morgan fingerprint density at radius 1 is 1.41 bits per heavy atom. The maximum absolute atomic E-state index is 5.64. The number of nitrogens with two attached hydrogens (primary N) is 1. The molecular weight excluding hydrogens is 216 g/mol. The summed E-state index contributed by atoms with van der Waals surface area (Å²) in [4.78, 5) is 0. The Morgan fingerprint density at radius 3 is 3.00 bits per heavy atom. The predicted octanol–water partition coefficient (Wildman–Crippen LogP) is 0.895. The number of hydrogen-bond acceptors (Lipinski definition) is 4. The molecule has 5 heteroatoms. The van der Waals surface area contributed by atoms with Crippen LogP contribution in [0.25, 0.3) is 0 Å². The lowest BCUT2D eigenvalue weighted by Gasteiger charge is -2.05. The number of aryl methyl sites for hydroxylation is 1. The molecule has 17 heavy (non-hydrogen) atoms. The van der Waals surface area contributed by atoms with Crippen molar-refractivity contribution in [3.05, 3.63) is 41.7 Å². The highest BCUT2D eigenvalue weighted by Crippen LogP contribution is 2.14. The Bertz CT molecular complexity index is 481. The second-order valence-corrected chi connectivity index (χ2v) is 3.86. The van der Waals surface area contributed by atoms with E-state index in [9.17, 15) is 0 Å². The summed E-state index contributed by atoms with van der Waals surface area (Å²) in [5.74, 6) is 0.835. The molecule has 2 aromatic rings. The van der Waals surface area contributed by atoms with Crippen molar-refractivity contribution in [3.63, 3.8) is 0 Å². The Kier molecular flexibility index (Phi) is 3.72. The molecule has 0 unspecified atom stereocenters. The zero-order valence-corrected chi connectivity index (χ0v) is 9.84. The van der Waals surface area contributed by atoms with Crippen LogP contribution >= 0.6 is 0 Å². The maximum Gasteiger partial charge on any atom is 0.134 e. The SMILES string of the molecule is Cn1cc(COc2cccc(CCN)c2)nn1. The first-order valence-corrected chi connectivity index (χ1v) is 5.55. The van der Waals surface area contributed by atoms with E-state index in [0.29, 0.717) is 13.2 Å². The summed E-state index contributed by atoms with van der Waals surface area (Å²) in [6.07, 6.45) is 2.70. The Hall–Kier alpha value is -1.88. The molecule has 1 aromatic heterocycles. The maximum atomic E-state index is 5.64. The molecule has 5 nitrogen and oxygen atoms in total. The van der Waals surface area contributed by atoms with Gasteiger partial charge < -0.3 is 10.5 Å². The average Bonchev–Trinajstić information content (AvgIpc) is 2.74. The smallest absolute Gasteiger partial charge is 0.134 e. The fourth-order valence-electron chi connectivity index (χ4n) is 1.58. The van der Waals surface area contributed by atoms with Crippen molar-refractivity contribution in [3.8, 4) is 5.75 Å². The normalized spacial score (nSPS) is 10.5. The van der Waals surface area contributed by atoms with Gasteiger partial charge in [-0.15, -0.1) is 5.10 Å². The first kappa shape index (κ1) is 11.6. The highest BCUT2D eigenvalue weighted by atomic mass is 16.5. The fourth-order valence-corrected chi connectivity index (χ4v) is 1.58. The minimum atomic E-state index is 0.430. The van der Waals surface area contributed by atoms with E-state index >= 15 is 0 Å². The van der Waals surface area contributed by atoms with Gasteiger partial charge in [-0.2, -0.15) is 0 Å². The number of nitrogens with zero attached hydrogens (tertiary/aromatic N) is 3. The van der Waals surface area contributed by atoms with Gasteiger partial charge in [0.15, 0.2) is 0 Å². The van der Waals surface area contributed by atoms with Crippen LogP contribution in [0, 0.1) is 0 Å². The largest absolute Gasteiger partial charge is 0.487 e. The topological polar surface area (TPSA) is 66.0 Å². The monoisotopic (exact) mass is 232 g/mol. The lowest BCUT2D eigenvalue weighted by molar-refractivity contribution is 0.301. The molecule has 0 bridgehead atoms. The van der Waals surface area contributed by atoms with Gasteiger partial charge in [-0.3, -0.25) is 4.68 Å². The molecule has 0 radical (unpaired) electrons. The van der Waals surface area contributed by atoms with Crippen LogP contribution in [0.3, 0.4) is 0 Å². The Morgan fingerprint density at radius 2 is 2.29 bits per heavy atom. The summed E-state index contributed by atoms with van der Waals surface area (Å²) >= 11 is 0. The first-order chi connectivity index (χ1) is 8.28. The van der Waals surface area contributed by atoms with Crippen LogP contribution in [0.4, 0.5) is 0 Å². The van der Waals surface area contributed by atoms with Gasteiger partial charge in [-0.05, 0) is 30.7 Å². The van der Waals surface area contributed by atoms with Crippen LogP contribution < -0.4 is 10.5 Å². The van der Waals surface area contributed by atoms with Crippen molar-refractivity contribution in [2.45, 2.75) is 13.0 Å². The van der Waals surface area contributed by atoms with Crippen molar-refractivity contribution in [2.75, 3.05) is 6.54 Å². The zero-order valence-electron chi connectivity index (χ0n) is 9.84. The number of aromatic nitrogens is 3. The summed E-state index contributed by atoms with van der Waals surface area (Å²) in [6, 6.07) is 7.94. The van der Waals surface area contributed by atoms with E-state index in [2.05, 4.69) is 10.3 Å². The van der Waals surface area contributed by atoms with E-state index < -0.39 is 0 Å². The number of hydrogen-bond donors (Lipinski definition) is 1. The number of benzene rings is 1. The van der Waals surface area contributed by atoms with Gasteiger partial charge in [0.2, 0.25) is 0 Å². The quantitative estimate of drug-likeness (QED) is 0.831. The van der Waals surface area contributed by atoms with E-state index in [4.69, 9.17) is 10.5 Å². The zero-order chi connectivity index (χ0) is 12.1. The average molecular weight is 232 g/mol. The lowest BCUT2D eigenvalue weighted by Crippen LogP contribution is -2.03. The molecular formula is C12H16N4O. The van der Waals surface area contributed by atoms with Gasteiger partial charge in [0, 0.05) is 7.05 Å². The van der Waals surface area contributed by atoms with Crippen LogP contribution in [-0.4, -0.2) is 21.5 Å². The van der Waals surface area contributed by atoms with Crippen molar-refractivity contribution in [1.82, 2.24) is 15.0 Å². The molecule has 0 spiro atoms. The van der Waals surface area contributed by atoms with Gasteiger partial charge in [-0.25, -0.2) is 0 Å². The number of ether oxygens (including phenoxy) is 1. The van der Waals surface area contributed by atoms with Crippen LogP contribution in [0.15, 0.2) is 30.5 Å². The Labute approximate surface area is 100 Å². The summed E-state index contributed by atoms with van der Waals surface area (Å²) in [7, 11) is 1.83. The number of rotatable bonds is 5. The van der Waals surface area contributed by atoms with Gasteiger partial charge in [0.05, 0.1) is 6.20 Å². The van der Waals surface area contributed by atoms with Crippen LogP contribution in [0.1, 0.15) is 11.3 Å². The molecule has 0 aliphatic heterocycles. The lowest BCUT2D eigenvalue weighted by atomic mass is 10.1. The third kappa shape index (κ3) is 3.29. The van der Waals surface area contributed by atoms with Crippen molar-refractivity contribution in [1.29, 1.82) is 0 Å². The molecule has 2 N–H and O–H groups in total. The third-order valence-corrected chi connectivity index (χ3v) is 2.37. The second kappa shape index (κ2) is 5.45. The van der Waals surface area contributed by atoms with E-state index in [-0.39, 0.29) is 0 Å². The van der Waals surface area contributed by atoms with Gasteiger partial charge in [0.1, 0.15) is 18.1 Å². The molecule has 2 rings (SSSR count). The predicted molar refractivity (Wildman–Crippen MR) is 64.5 cm³/mol. The minimum Gasteiger partial charge on any atom is -0.487 e. The standard InChI is InChI=1S/C12H16N4O/c1-16-8-11(14-15-16)9-17-12-4-2-3-10(7-12)5-6-13/h2-4,7-8H,5-6,9,13H2,1H3. The fraction of sp³-hybridized carbons (Fsp3) is 0.333. The molecule has 1 heterocycles. The molecule has 90 valence electrons. The molecule has 0 atom stereocenters. The molecule has 0 amide bonds. The van der Waals surface area contributed by atoms with E-state index in [1.54, 1.807) is 4.68 Å². The van der Waals surface area contributed by atoms with Gasteiger partial charge >= 0.3 is 0 Å². The molecule has 0 fully saturated rings. The van der Waals surface area contributed by atoms with E-state index in [0.717, 1.165) is 17.9 Å². The van der Waals surface area contributed by atoms with Gasteiger partial charge in [0.25, 0.3) is 0 Å². The molecule has 0 saturated carbocycles. The summed E-state index contributed by atoms with van der Waals surface area (Å²) in [5.41, 5.74) is 7.52. The molecule has 0 aliphatic carbocycles. The Balaban J connectivity index is 1.96. The van der Waals surface area contributed by atoms with Crippen LogP contribution in [0.2, 0.25) is 0 Å². The summed E-state index contributed by atoms with van der Waals surface area (Å²) in [5, 5.41) is 7.80. The van der Waals surface area contributed by atoms with Crippen molar-refractivity contribution in [2.24, 2.45) is 12.8 Å². The van der Waals surface area contributed by atoms with E-state index in [1.165, 1.54) is 5.56 Å². The van der Waals surface area contributed by atoms with Crippen molar-refractivity contribution >= 4 is 0 Å². The minimum absolute atomic E-state index is 0.430. The highest BCUT2D eigenvalue weighted by molar-refractivity contribution is 5.28. The highest BCUT2D eigenvalue weighted by Gasteiger charge is 2.00. The van der Waals surface area contributed by atoms with E-state index in [1.807, 2.05) is 37.5 Å². The molecule has 0 aliphatic rings. The molecule has 0 saturated heterocycles. The van der Waals surface area contributed by atoms with Gasteiger partial charge in [-0.1, -0.05) is 17.3 Å².